The second-order valence-corrected chi connectivity index (χ2v) is 34.3. The van der Waals surface area contributed by atoms with Gasteiger partial charge in [-0.1, -0.05) is 479 Å². The van der Waals surface area contributed by atoms with Crippen molar-refractivity contribution < 1.29 is 0 Å². The molecule has 0 bridgehead atoms. The zero-order valence-electron chi connectivity index (χ0n) is 72.8. The van der Waals surface area contributed by atoms with E-state index in [1.807, 2.05) is 0 Å². The largest absolute Gasteiger partial charge is 0.0622 e. The Morgan fingerprint density at radius 1 is 0.0758 bits per heavy atom. The summed E-state index contributed by atoms with van der Waals surface area (Å²) in [5.41, 5.74) is 32.4. The monoisotopic (exact) mass is 1670 g/mol. The standard InChI is InChI=1S/C48H32.2C42H28/c1-3-13-33(14-4-1)36-17-11-18-37(29-36)38-19-12-20-39(30-38)40-27-25-34-26-28-41(32-42(34)31-40)48-45-23-9-7-21-43(45)47(35-15-5-2-6-16-35)44-22-8-10-24-46(44)48;1-3-12-29(13-4-1)32-16-11-17-33(26-32)34-24-22-30-23-25-35(28-36(30)27-34)42-39-20-9-7-18-37(39)41(31-14-5-2-6-15-31)38-19-8-10-21-40(38)42;1-3-13-30(14-4-1)35-17-7-8-18-36(35)32-25-23-29-24-26-33(28-34(29)27-32)42-39-21-11-9-19-37(39)41(31-15-5-2-6-16-31)38-20-10-12-22-40(38)42/h1-32H;2*1-28H. The fourth-order valence-electron chi connectivity index (χ4n) is 20.3. The van der Waals surface area contributed by atoms with Crippen LogP contribution in [0, 0.1) is 0 Å². The van der Waals surface area contributed by atoms with Gasteiger partial charge in [0.15, 0.2) is 0 Å². The number of fused-ring (bicyclic) bond motifs is 9. The predicted octanol–water partition coefficient (Wildman–Crippen LogP) is 37.1. The van der Waals surface area contributed by atoms with Crippen molar-refractivity contribution in [2.75, 3.05) is 0 Å². The van der Waals surface area contributed by atoms with E-state index in [2.05, 4.69) is 534 Å². The molecule has 25 rings (SSSR count). The van der Waals surface area contributed by atoms with Gasteiger partial charge in [0.2, 0.25) is 0 Å². The van der Waals surface area contributed by atoms with Gasteiger partial charge in [-0.3, -0.25) is 0 Å². The number of benzene rings is 25. The minimum atomic E-state index is 1.22. The molecule has 25 aromatic rings. The van der Waals surface area contributed by atoms with Crippen LogP contribution < -0.4 is 0 Å². The van der Waals surface area contributed by atoms with Crippen molar-refractivity contribution in [3.63, 3.8) is 0 Å². The first-order valence-electron chi connectivity index (χ1n) is 45.6. The van der Waals surface area contributed by atoms with Crippen molar-refractivity contribution in [2.45, 2.75) is 0 Å². The van der Waals surface area contributed by atoms with Gasteiger partial charge in [-0.2, -0.15) is 0 Å². The molecule has 25 aromatic carbocycles. The Labute approximate surface area is 769 Å². The Bertz CT molecular complexity index is 8480. The Hall–Kier alpha value is -17.2. The first kappa shape index (κ1) is 79.5. The molecule has 0 amide bonds. The van der Waals surface area contributed by atoms with E-state index in [4.69, 9.17) is 0 Å². The molecular formula is C132H88. The van der Waals surface area contributed by atoms with Gasteiger partial charge in [0.1, 0.15) is 0 Å². The fraction of sp³-hybridized carbons (Fsp3) is 0. The summed E-state index contributed by atoms with van der Waals surface area (Å²) in [6.45, 7) is 0. The Balaban J connectivity index is 0.000000113. The Morgan fingerprint density at radius 2 is 0.235 bits per heavy atom. The molecule has 0 aliphatic heterocycles. The Kier molecular flexibility index (Phi) is 21.2. The van der Waals surface area contributed by atoms with Crippen LogP contribution in [0.4, 0.5) is 0 Å². The van der Waals surface area contributed by atoms with E-state index in [1.54, 1.807) is 0 Å². The van der Waals surface area contributed by atoms with Gasteiger partial charge < -0.3 is 0 Å². The summed E-state index contributed by atoms with van der Waals surface area (Å²) < 4.78 is 0. The third kappa shape index (κ3) is 15.3. The summed E-state index contributed by atoms with van der Waals surface area (Å²) in [5, 5.41) is 22.8. The lowest BCUT2D eigenvalue weighted by atomic mass is 9.85. The number of rotatable bonds is 13. The van der Waals surface area contributed by atoms with Crippen molar-refractivity contribution in [3.05, 3.63) is 534 Å². The average Bonchev–Trinajstić information content (AvgIpc) is 0.739. The summed E-state index contributed by atoms with van der Waals surface area (Å²) in [4.78, 5) is 0. The van der Waals surface area contributed by atoms with Crippen molar-refractivity contribution in [2.24, 2.45) is 0 Å². The van der Waals surface area contributed by atoms with Gasteiger partial charge in [0.25, 0.3) is 0 Å². The maximum absolute atomic E-state index is 2.38. The Morgan fingerprint density at radius 3 is 0.492 bits per heavy atom. The highest BCUT2D eigenvalue weighted by atomic mass is 14.3. The van der Waals surface area contributed by atoms with Crippen LogP contribution in [0.3, 0.4) is 0 Å². The van der Waals surface area contributed by atoms with Crippen LogP contribution in [0.2, 0.25) is 0 Å². The lowest BCUT2D eigenvalue weighted by Crippen LogP contribution is -1.91. The van der Waals surface area contributed by atoms with Crippen molar-refractivity contribution in [3.8, 4) is 145 Å². The third-order valence-corrected chi connectivity index (χ3v) is 26.5. The zero-order valence-corrected chi connectivity index (χ0v) is 72.8. The van der Waals surface area contributed by atoms with Crippen molar-refractivity contribution >= 4 is 97.0 Å². The highest BCUT2D eigenvalue weighted by molar-refractivity contribution is 6.25. The maximum atomic E-state index is 2.38. The molecular weight excluding hydrogens is 1590 g/mol. The molecule has 0 atom stereocenters. The molecule has 0 saturated carbocycles. The molecule has 0 aliphatic carbocycles. The second kappa shape index (κ2) is 35.2. The minimum Gasteiger partial charge on any atom is -0.0622 e. The molecule has 0 nitrogen and oxygen atoms in total. The maximum Gasteiger partial charge on any atom is -0.00262 e. The second-order valence-electron chi connectivity index (χ2n) is 34.3. The van der Waals surface area contributed by atoms with Crippen LogP contribution in [-0.2, 0) is 0 Å². The molecule has 0 aliphatic rings. The van der Waals surface area contributed by atoms with E-state index in [9.17, 15) is 0 Å². The normalized spacial score (nSPS) is 11.3. The molecule has 0 unspecified atom stereocenters. The zero-order chi connectivity index (χ0) is 87.6. The van der Waals surface area contributed by atoms with Crippen molar-refractivity contribution in [1.29, 1.82) is 0 Å². The molecule has 0 fully saturated rings. The summed E-state index contributed by atoms with van der Waals surface area (Å²) >= 11 is 0. The lowest BCUT2D eigenvalue weighted by Gasteiger charge is -2.18. The summed E-state index contributed by atoms with van der Waals surface area (Å²) in [6.07, 6.45) is 0. The van der Waals surface area contributed by atoms with E-state index in [0.29, 0.717) is 0 Å². The van der Waals surface area contributed by atoms with E-state index in [-0.39, 0.29) is 0 Å². The number of hydrogen-bond acceptors (Lipinski definition) is 0. The molecule has 0 saturated heterocycles. The third-order valence-electron chi connectivity index (χ3n) is 26.5. The quantitative estimate of drug-likeness (QED) is 0.101. The first-order valence-corrected chi connectivity index (χ1v) is 45.6. The highest BCUT2D eigenvalue weighted by Gasteiger charge is 2.23. The van der Waals surface area contributed by atoms with Crippen LogP contribution >= 0.6 is 0 Å². The summed E-state index contributed by atoms with van der Waals surface area (Å²) in [5.74, 6) is 0. The fourth-order valence-corrected chi connectivity index (χ4v) is 20.3. The van der Waals surface area contributed by atoms with Gasteiger partial charge in [0.05, 0.1) is 0 Å². The van der Waals surface area contributed by atoms with Gasteiger partial charge in [-0.15, -0.1) is 0 Å². The van der Waals surface area contributed by atoms with Crippen LogP contribution in [-0.4, -0.2) is 0 Å². The molecule has 616 valence electrons. The topological polar surface area (TPSA) is 0 Å². The van der Waals surface area contributed by atoms with E-state index in [1.165, 1.54) is 242 Å². The van der Waals surface area contributed by atoms with Crippen molar-refractivity contribution in [1.82, 2.24) is 0 Å². The van der Waals surface area contributed by atoms with Gasteiger partial charge in [-0.05, 0) is 296 Å². The number of hydrogen-bond donors (Lipinski definition) is 0. The van der Waals surface area contributed by atoms with E-state index < -0.39 is 0 Å². The molecule has 0 spiro atoms. The average molecular weight is 1670 g/mol. The molecule has 0 radical (unpaired) electrons. The first-order chi connectivity index (χ1) is 65.5. The molecule has 0 heteroatoms. The highest BCUT2D eigenvalue weighted by Crippen LogP contribution is 2.50. The lowest BCUT2D eigenvalue weighted by molar-refractivity contribution is 1.58. The summed E-state index contributed by atoms with van der Waals surface area (Å²) in [7, 11) is 0. The summed E-state index contributed by atoms with van der Waals surface area (Å²) in [6, 6.07) is 194. The van der Waals surface area contributed by atoms with E-state index >= 15 is 0 Å². The van der Waals surface area contributed by atoms with E-state index in [0.717, 1.165) is 0 Å². The molecule has 0 heterocycles. The van der Waals surface area contributed by atoms with Gasteiger partial charge in [-0.25, -0.2) is 0 Å². The van der Waals surface area contributed by atoms with Crippen LogP contribution in [0.5, 0.6) is 0 Å². The molecule has 0 N–H and O–H groups in total. The minimum absolute atomic E-state index is 1.22. The predicted molar refractivity (Wildman–Crippen MR) is 568 cm³/mol. The van der Waals surface area contributed by atoms with Gasteiger partial charge >= 0.3 is 0 Å². The SMILES string of the molecule is c1ccc(-c2cccc(-c3ccc4ccc(-c5c6ccccc6c(-c6ccccc6)c6ccccc56)cc4c3)c2)cc1.c1ccc(-c2cccc(-c3cccc(-c4ccc5ccc(-c6c7ccccc7c(-c7ccccc7)c7ccccc67)cc5c4)c3)c2)cc1.c1ccc(-c2ccccc2-c2ccc3ccc(-c4c5ccccc5c(-c5ccccc5)c5ccccc45)cc3c2)cc1. The van der Waals surface area contributed by atoms with Crippen LogP contribution in [0.1, 0.15) is 0 Å². The molecule has 0 aromatic heterocycles. The molecule has 132 heavy (non-hydrogen) atoms. The smallest absolute Gasteiger partial charge is 0.00262 e. The van der Waals surface area contributed by atoms with Gasteiger partial charge in [0, 0.05) is 0 Å². The van der Waals surface area contributed by atoms with Crippen LogP contribution in [0.25, 0.3) is 242 Å². The van der Waals surface area contributed by atoms with Crippen LogP contribution in [0.15, 0.2) is 534 Å².